The van der Waals surface area contributed by atoms with Crippen LogP contribution in [0, 0.1) is 6.92 Å². The standard InChI is InChI=1S/C13H11ClO2/c1-8-4-11(14)7-10-3-2-9(5-12(8)10)6-13(15)16/h2-5,7H,6H2,1H3,(H,15,16). The molecule has 2 aromatic carbocycles. The van der Waals surface area contributed by atoms with Gasteiger partial charge in [-0.05, 0) is 41.0 Å². The zero-order chi connectivity index (χ0) is 11.7. The highest BCUT2D eigenvalue weighted by Crippen LogP contribution is 2.24. The van der Waals surface area contributed by atoms with Gasteiger partial charge in [0.05, 0.1) is 6.42 Å². The summed E-state index contributed by atoms with van der Waals surface area (Å²) in [6.07, 6.45) is 0.0536. The van der Waals surface area contributed by atoms with Gasteiger partial charge in [0, 0.05) is 5.02 Å². The SMILES string of the molecule is Cc1cc(Cl)cc2ccc(CC(=O)O)cc12. The van der Waals surface area contributed by atoms with Gasteiger partial charge in [0.25, 0.3) is 0 Å². The van der Waals surface area contributed by atoms with Crippen LogP contribution in [0.15, 0.2) is 30.3 Å². The topological polar surface area (TPSA) is 37.3 Å². The Morgan fingerprint density at radius 2 is 2.06 bits per heavy atom. The number of fused-ring (bicyclic) bond motifs is 1. The number of carboxylic acid groups (broad SMARTS) is 1. The summed E-state index contributed by atoms with van der Waals surface area (Å²) in [5, 5.41) is 11.5. The predicted octanol–water partition coefficient (Wildman–Crippen LogP) is 3.43. The second-order valence-electron chi connectivity index (χ2n) is 3.85. The highest BCUT2D eigenvalue weighted by Gasteiger charge is 2.04. The maximum absolute atomic E-state index is 10.6. The fourth-order valence-electron chi connectivity index (χ4n) is 1.83. The van der Waals surface area contributed by atoms with E-state index in [0.717, 1.165) is 21.9 Å². The molecular formula is C13H11ClO2. The molecule has 0 saturated carbocycles. The minimum atomic E-state index is -0.814. The minimum Gasteiger partial charge on any atom is -0.481 e. The Morgan fingerprint density at radius 3 is 2.75 bits per heavy atom. The lowest BCUT2D eigenvalue weighted by Crippen LogP contribution is -1.99. The molecule has 0 unspecified atom stereocenters. The highest BCUT2D eigenvalue weighted by atomic mass is 35.5. The lowest BCUT2D eigenvalue weighted by molar-refractivity contribution is -0.136. The predicted molar refractivity (Wildman–Crippen MR) is 65.0 cm³/mol. The lowest BCUT2D eigenvalue weighted by Gasteiger charge is -2.05. The number of hydrogen-bond acceptors (Lipinski definition) is 1. The van der Waals surface area contributed by atoms with Gasteiger partial charge in [0.15, 0.2) is 0 Å². The van der Waals surface area contributed by atoms with Crippen molar-refractivity contribution >= 4 is 28.3 Å². The Hall–Kier alpha value is -1.54. The van der Waals surface area contributed by atoms with Crippen molar-refractivity contribution in [1.29, 1.82) is 0 Å². The Labute approximate surface area is 98.5 Å². The lowest BCUT2D eigenvalue weighted by atomic mass is 10.0. The van der Waals surface area contributed by atoms with E-state index in [0.29, 0.717) is 5.02 Å². The van der Waals surface area contributed by atoms with Crippen molar-refractivity contribution < 1.29 is 9.90 Å². The fraction of sp³-hybridized carbons (Fsp3) is 0.154. The third kappa shape index (κ3) is 2.17. The van der Waals surface area contributed by atoms with Crippen LogP contribution < -0.4 is 0 Å². The zero-order valence-electron chi connectivity index (χ0n) is 8.83. The Bertz CT molecular complexity index is 561. The van der Waals surface area contributed by atoms with Gasteiger partial charge in [-0.25, -0.2) is 0 Å². The quantitative estimate of drug-likeness (QED) is 0.865. The number of aliphatic carboxylic acids is 1. The summed E-state index contributed by atoms with van der Waals surface area (Å²) in [7, 11) is 0. The molecule has 0 aliphatic carbocycles. The molecule has 1 N–H and O–H groups in total. The summed E-state index contributed by atoms with van der Waals surface area (Å²) in [6.45, 7) is 1.97. The van der Waals surface area contributed by atoms with Crippen LogP contribution >= 0.6 is 11.6 Å². The Morgan fingerprint density at radius 1 is 1.31 bits per heavy atom. The van der Waals surface area contributed by atoms with Gasteiger partial charge in [0.2, 0.25) is 0 Å². The van der Waals surface area contributed by atoms with E-state index < -0.39 is 5.97 Å². The second-order valence-corrected chi connectivity index (χ2v) is 4.29. The van der Waals surface area contributed by atoms with Crippen LogP contribution in [0.25, 0.3) is 10.8 Å². The molecule has 0 amide bonds. The van der Waals surface area contributed by atoms with Gasteiger partial charge in [-0.15, -0.1) is 0 Å². The molecule has 0 radical (unpaired) electrons. The van der Waals surface area contributed by atoms with Crippen molar-refractivity contribution in [3.63, 3.8) is 0 Å². The molecule has 0 fully saturated rings. The second kappa shape index (κ2) is 4.14. The average molecular weight is 235 g/mol. The van der Waals surface area contributed by atoms with Gasteiger partial charge < -0.3 is 5.11 Å². The third-order valence-electron chi connectivity index (χ3n) is 2.55. The number of carboxylic acids is 1. The van der Waals surface area contributed by atoms with E-state index in [9.17, 15) is 4.79 Å². The first-order chi connectivity index (χ1) is 7.56. The van der Waals surface area contributed by atoms with Crippen LogP contribution in [-0.4, -0.2) is 11.1 Å². The summed E-state index contributed by atoms with van der Waals surface area (Å²) in [6, 6.07) is 9.41. The van der Waals surface area contributed by atoms with Crippen molar-refractivity contribution in [3.8, 4) is 0 Å². The molecular weight excluding hydrogens is 224 g/mol. The van der Waals surface area contributed by atoms with Gasteiger partial charge in [-0.3, -0.25) is 4.79 Å². The number of aryl methyl sites for hydroxylation is 1. The normalized spacial score (nSPS) is 10.6. The van der Waals surface area contributed by atoms with Crippen molar-refractivity contribution in [2.75, 3.05) is 0 Å². The monoisotopic (exact) mass is 234 g/mol. The van der Waals surface area contributed by atoms with Crippen LogP contribution in [0.5, 0.6) is 0 Å². The van der Waals surface area contributed by atoms with Crippen LogP contribution in [0.4, 0.5) is 0 Å². The van der Waals surface area contributed by atoms with Gasteiger partial charge in [-0.2, -0.15) is 0 Å². The maximum atomic E-state index is 10.6. The molecule has 0 bridgehead atoms. The molecule has 16 heavy (non-hydrogen) atoms. The van der Waals surface area contributed by atoms with E-state index in [1.54, 1.807) is 0 Å². The van der Waals surface area contributed by atoms with E-state index >= 15 is 0 Å². The molecule has 2 nitrogen and oxygen atoms in total. The van der Waals surface area contributed by atoms with E-state index in [1.807, 2.05) is 37.3 Å². The molecule has 2 rings (SSSR count). The molecule has 2 aromatic rings. The van der Waals surface area contributed by atoms with E-state index in [2.05, 4.69) is 0 Å². The molecule has 0 spiro atoms. The van der Waals surface area contributed by atoms with Gasteiger partial charge in [0.1, 0.15) is 0 Å². The summed E-state index contributed by atoms with van der Waals surface area (Å²) < 4.78 is 0. The molecule has 0 aromatic heterocycles. The van der Waals surface area contributed by atoms with Gasteiger partial charge >= 0.3 is 5.97 Å². The first-order valence-electron chi connectivity index (χ1n) is 4.97. The first kappa shape index (κ1) is 11.0. The summed E-state index contributed by atoms with van der Waals surface area (Å²) in [4.78, 5) is 10.6. The van der Waals surface area contributed by atoms with Crippen molar-refractivity contribution in [1.82, 2.24) is 0 Å². The average Bonchev–Trinajstić information content (AvgIpc) is 2.18. The Kier molecular flexibility index (Phi) is 2.84. The summed E-state index contributed by atoms with van der Waals surface area (Å²) in [5.41, 5.74) is 1.88. The van der Waals surface area contributed by atoms with Crippen LogP contribution in [0.2, 0.25) is 5.02 Å². The number of carbonyl (C=O) groups is 1. The molecule has 0 atom stereocenters. The molecule has 0 aliphatic rings. The minimum absolute atomic E-state index is 0.0536. The number of benzene rings is 2. The summed E-state index contributed by atoms with van der Waals surface area (Å²) >= 11 is 5.95. The van der Waals surface area contributed by atoms with E-state index in [-0.39, 0.29) is 6.42 Å². The number of rotatable bonds is 2. The van der Waals surface area contributed by atoms with Crippen molar-refractivity contribution in [2.45, 2.75) is 13.3 Å². The van der Waals surface area contributed by atoms with E-state index in [4.69, 9.17) is 16.7 Å². The molecule has 82 valence electrons. The van der Waals surface area contributed by atoms with Crippen molar-refractivity contribution in [3.05, 3.63) is 46.5 Å². The van der Waals surface area contributed by atoms with Crippen LogP contribution in [-0.2, 0) is 11.2 Å². The number of halogens is 1. The van der Waals surface area contributed by atoms with Crippen molar-refractivity contribution in [2.24, 2.45) is 0 Å². The smallest absolute Gasteiger partial charge is 0.307 e. The Balaban J connectivity index is 2.57. The number of hydrogen-bond donors (Lipinski definition) is 1. The zero-order valence-corrected chi connectivity index (χ0v) is 9.58. The molecule has 0 aliphatic heterocycles. The largest absolute Gasteiger partial charge is 0.481 e. The van der Waals surface area contributed by atoms with E-state index in [1.165, 1.54) is 0 Å². The summed E-state index contributed by atoms with van der Waals surface area (Å²) in [5.74, 6) is -0.814. The molecule has 0 heterocycles. The molecule has 0 saturated heterocycles. The maximum Gasteiger partial charge on any atom is 0.307 e. The third-order valence-corrected chi connectivity index (χ3v) is 2.76. The molecule has 3 heteroatoms. The highest BCUT2D eigenvalue weighted by molar-refractivity contribution is 6.31. The van der Waals surface area contributed by atoms with Gasteiger partial charge in [-0.1, -0.05) is 29.8 Å². The van der Waals surface area contributed by atoms with Crippen LogP contribution in [0.1, 0.15) is 11.1 Å². The van der Waals surface area contributed by atoms with Crippen LogP contribution in [0.3, 0.4) is 0 Å². The fourth-order valence-corrected chi connectivity index (χ4v) is 2.11. The first-order valence-corrected chi connectivity index (χ1v) is 5.34.